The van der Waals surface area contributed by atoms with Crippen LogP contribution in [0.2, 0.25) is 0 Å². The molecule has 3 aromatic rings. The van der Waals surface area contributed by atoms with Gasteiger partial charge in [-0.3, -0.25) is 9.59 Å². The molecule has 1 aliphatic heterocycles. The zero-order chi connectivity index (χ0) is 24.2. The summed E-state index contributed by atoms with van der Waals surface area (Å²) in [6, 6.07) is 22.0. The minimum Gasteiger partial charge on any atom is -0.497 e. The normalized spacial score (nSPS) is 13.6. The average molecular weight is 457 g/mol. The van der Waals surface area contributed by atoms with Gasteiger partial charge in [-0.25, -0.2) is 4.90 Å². The van der Waals surface area contributed by atoms with Crippen molar-refractivity contribution < 1.29 is 19.1 Å². The second-order valence-electron chi connectivity index (χ2n) is 8.23. The van der Waals surface area contributed by atoms with Crippen molar-refractivity contribution in [3.8, 4) is 11.5 Å². The number of nitrogens with zero attached hydrogens (tertiary/aromatic N) is 1. The van der Waals surface area contributed by atoms with E-state index in [4.69, 9.17) is 9.47 Å². The van der Waals surface area contributed by atoms with Gasteiger partial charge in [0.1, 0.15) is 17.2 Å². The van der Waals surface area contributed by atoms with E-state index in [-0.39, 0.29) is 5.70 Å². The Morgan fingerprint density at radius 3 is 2.18 bits per heavy atom. The molecule has 0 fully saturated rings. The number of carbonyl (C=O) groups excluding carboxylic acids is 2. The summed E-state index contributed by atoms with van der Waals surface area (Å²) < 4.78 is 11.0. The Hall–Kier alpha value is -4.06. The van der Waals surface area contributed by atoms with Crippen molar-refractivity contribution in [1.29, 1.82) is 0 Å². The van der Waals surface area contributed by atoms with Gasteiger partial charge in [0.25, 0.3) is 11.8 Å². The molecule has 0 aliphatic carbocycles. The topological polar surface area (TPSA) is 67.9 Å². The lowest BCUT2D eigenvalue weighted by Crippen LogP contribution is -2.32. The maximum atomic E-state index is 13.7. The van der Waals surface area contributed by atoms with E-state index in [1.54, 1.807) is 49.6 Å². The van der Waals surface area contributed by atoms with Crippen molar-refractivity contribution in [3.63, 3.8) is 0 Å². The number of ether oxygens (including phenoxy) is 2. The van der Waals surface area contributed by atoms with Gasteiger partial charge < -0.3 is 14.8 Å². The predicted octanol–water partition coefficient (Wildman–Crippen LogP) is 5.61. The van der Waals surface area contributed by atoms with Crippen LogP contribution < -0.4 is 19.7 Å². The maximum absolute atomic E-state index is 13.7. The van der Waals surface area contributed by atoms with Crippen LogP contribution in [0.5, 0.6) is 11.5 Å². The molecule has 1 aliphatic rings. The highest BCUT2D eigenvalue weighted by Crippen LogP contribution is 2.38. The molecule has 0 saturated heterocycles. The van der Waals surface area contributed by atoms with E-state index >= 15 is 0 Å². The SMILES string of the molecule is CCOc1ccccc1N1C(=O)C(Nc2ccc(C(C)C)cc2)=C(c2ccc(OC)cc2)C1=O. The van der Waals surface area contributed by atoms with E-state index in [1.165, 1.54) is 10.5 Å². The number of hydrogen-bond acceptors (Lipinski definition) is 5. The first kappa shape index (κ1) is 23.1. The summed E-state index contributed by atoms with van der Waals surface area (Å²) in [5.74, 6) is 0.685. The summed E-state index contributed by atoms with van der Waals surface area (Å²) >= 11 is 0. The quantitative estimate of drug-likeness (QED) is 0.446. The molecule has 6 heteroatoms. The maximum Gasteiger partial charge on any atom is 0.282 e. The minimum atomic E-state index is -0.434. The molecule has 0 saturated carbocycles. The van der Waals surface area contributed by atoms with Gasteiger partial charge in [0, 0.05) is 5.69 Å². The summed E-state index contributed by atoms with van der Waals surface area (Å²) in [5.41, 5.74) is 3.47. The number of para-hydroxylation sites is 2. The third-order valence-electron chi connectivity index (χ3n) is 5.72. The molecule has 0 atom stereocenters. The van der Waals surface area contributed by atoms with Gasteiger partial charge in [-0.15, -0.1) is 0 Å². The molecular weight excluding hydrogens is 428 g/mol. The van der Waals surface area contributed by atoms with Gasteiger partial charge in [-0.1, -0.05) is 50.2 Å². The van der Waals surface area contributed by atoms with Crippen LogP contribution in [0.3, 0.4) is 0 Å². The Morgan fingerprint density at radius 2 is 1.56 bits per heavy atom. The number of benzene rings is 3. The van der Waals surface area contributed by atoms with Crippen LogP contribution in [0.15, 0.2) is 78.5 Å². The second-order valence-corrected chi connectivity index (χ2v) is 8.23. The van der Waals surface area contributed by atoms with Gasteiger partial charge >= 0.3 is 0 Å². The number of rotatable bonds is 8. The fraction of sp³-hybridized carbons (Fsp3) is 0.214. The van der Waals surface area contributed by atoms with Crippen LogP contribution in [0.4, 0.5) is 11.4 Å². The summed E-state index contributed by atoms with van der Waals surface area (Å²) in [7, 11) is 1.58. The number of anilines is 2. The van der Waals surface area contributed by atoms with Crippen molar-refractivity contribution in [1.82, 2.24) is 0 Å². The first-order chi connectivity index (χ1) is 16.4. The summed E-state index contributed by atoms with van der Waals surface area (Å²) in [6.07, 6.45) is 0. The van der Waals surface area contributed by atoms with Crippen LogP contribution in [0, 0.1) is 0 Å². The third-order valence-corrected chi connectivity index (χ3v) is 5.72. The fourth-order valence-electron chi connectivity index (χ4n) is 3.91. The highest BCUT2D eigenvalue weighted by Gasteiger charge is 2.41. The Kier molecular flexibility index (Phi) is 6.68. The molecule has 2 amide bonds. The number of imide groups is 1. The van der Waals surface area contributed by atoms with E-state index < -0.39 is 11.8 Å². The van der Waals surface area contributed by atoms with Gasteiger partial charge in [0.15, 0.2) is 0 Å². The monoisotopic (exact) mass is 456 g/mol. The van der Waals surface area contributed by atoms with Crippen LogP contribution in [0.1, 0.15) is 37.8 Å². The molecule has 0 aromatic heterocycles. The Labute approximate surface area is 199 Å². The molecule has 1 heterocycles. The molecule has 4 rings (SSSR count). The van der Waals surface area contributed by atoms with Gasteiger partial charge in [0.2, 0.25) is 0 Å². The minimum absolute atomic E-state index is 0.221. The molecule has 3 aromatic carbocycles. The fourth-order valence-corrected chi connectivity index (χ4v) is 3.91. The highest BCUT2D eigenvalue weighted by molar-refractivity contribution is 6.46. The van der Waals surface area contributed by atoms with Crippen LogP contribution in [0.25, 0.3) is 5.57 Å². The smallest absolute Gasteiger partial charge is 0.282 e. The zero-order valence-corrected chi connectivity index (χ0v) is 19.8. The lowest BCUT2D eigenvalue weighted by Gasteiger charge is -2.19. The lowest BCUT2D eigenvalue weighted by atomic mass is 10.0. The molecule has 0 radical (unpaired) electrons. The number of hydrogen-bond donors (Lipinski definition) is 1. The molecule has 0 bridgehead atoms. The molecular formula is C28H28N2O4. The highest BCUT2D eigenvalue weighted by atomic mass is 16.5. The third kappa shape index (κ3) is 4.39. The molecule has 0 unspecified atom stereocenters. The lowest BCUT2D eigenvalue weighted by molar-refractivity contribution is -0.120. The molecule has 0 spiro atoms. The van der Waals surface area contributed by atoms with E-state index in [0.29, 0.717) is 40.8 Å². The molecule has 6 nitrogen and oxygen atoms in total. The average Bonchev–Trinajstić information content (AvgIpc) is 3.09. The summed E-state index contributed by atoms with van der Waals surface area (Å²) in [6.45, 7) is 6.53. The Balaban J connectivity index is 1.79. The first-order valence-corrected chi connectivity index (χ1v) is 11.3. The van der Waals surface area contributed by atoms with E-state index in [9.17, 15) is 9.59 Å². The standard InChI is InChI=1S/C28H28N2O4/c1-5-34-24-9-7-6-8-23(24)30-27(31)25(20-12-16-22(33-4)17-13-20)26(28(30)32)29-21-14-10-19(11-15-21)18(2)3/h6-18,29H,5H2,1-4H3. The second kappa shape index (κ2) is 9.83. The Morgan fingerprint density at radius 1 is 0.882 bits per heavy atom. The van der Waals surface area contributed by atoms with Gasteiger partial charge in [0.05, 0.1) is 25.0 Å². The van der Waals surface area contributed by atoms with Crippen molar-refractivity contribution in [3.05, 3.63) is 89.6 Å². The number of methoxy groups -OCH3 is 1. The molecule has 34 heavy (non-hydrogen) atoms. The van der Waals surface area contributed by atoms with Gasteiger partial charge in [-0.2, -0.15) is 0 Å². The van der Waals surface area contributed by atoms with Crippen molar-refractivity contribution >= 4 is 28.8 Å². The van der Waals surface area contributed by atoms with Crippen molar-refractivity contribution in [2.75, 3.05) is 23.9 Å². The number of carbonyl (C=O) groups is 2. The molecule has 1 N–H and O–H groups in total. The Bertz CT molecular complexity index is 1230. The zero-order valence-electron chi connectivity index (χ0n) is 19.8. The van der Waals surface area contributed by atoms with Crippen LogP contribution in [-0.4, -0.2) is 25.5 Å². The number of amides is 2. The number of nitrogens with one attached hydrogen (secondary N) is 1. The summed E-state index contributed by atoms with van der Waals surface area (Å²) in [5, 5.41) is 3.21. The largest absolute Gasteiger partial charge is 0.497 e. The molecule has 174 valence electrons. The van der Waals surface area contributed by atoms with Crippen LogP contribution >= 0.6 is 0 Å². The van der Waals surface area contributed by atoms with Crippen molar-refractivity contribution in [2.24, 2.45) is 0 Å². The first-order valence-electron chi connectivity index (χ1n) is 11.3. The van der Waals surface area contributed by atoms with E-state index in [2.05, 4.69) is 19.2 Å². The summed E-state index contributed by atoms with van der Waals surface area (Å²) in [4.78, 5) is 28.5. The predicted molar refractivity (Wildman–Crippen MR) is 134 cm³/mol. The van der Waals surface area contributed by atoms with Gasteiger partial charge in [-0.05, 0) is 60.4 Å². The van der Waals surface area contributed by atoms with Crippen molar-refractivity contribution in [2.45, 2.75) is 26.7 Å². The van der Waals surface area contributed by atoms with E-state index in [0.717, 1.165) is 5.69 Å². The van der Waals surface area contributed by atoms with E-state index in [1.807, 2.05) is 37.3 Å². The van der Waals surface area contributed by atoms with Crippen LogP contribution in [-0.2, 0) is 9.59 Å².